The van der Waals surface area contributed by atoms with Gasteiger partial charge in [-0.3, -0.25) is 0 Å². The van der Waals surface area contributed by atoms with E-state index in [0.717, 1.165) is 47.3 Å². The number of rotatable bonds is 4. The molecule has 0 radical (unpaired) electrons. The molecule has 2 heterocycles. The Balaban J connectivity index is 1.40. The van der Waals surface area contributed by atoms with E-state index in [1.165, 1.54) is 10.1 Å². The highest BCUT2D eigenvalue weighted by atomic mass is 16.2. The molecule has 2 amide bonds. The number of allylic oxidation sites excluding steroid dienone is 3. The number of urea groups is 1. The second-order valence-corrected chi connectivity index (χ2v) is 10.1. The van der Waals surface area contributed by atoms with Gasteiger partial charge in [-0.05, 0) is 63.0 Å². The van der Waals surface area contributed by atoms with Gasteiger partial charge in [0.25, 0.3) is 0 Å². The molecule has 6 heteroatoms. The Morgan fingerprint density at radius 3 is 2.59 bits per heavy atom. The lowest BCUT2D eigenvalue weighted by atomic mass is 9.64. The van der Waals surface area contributed by atoms with E-state index in [1.807, 2.05) is 67.4 Å². The number of fused-ring (bicyclic) bond motifs is 4. The lowest BCUT2D eigenvalue weighted by Gasteiger charge is -2.42. The smallest absolute Gasteiger partial charge is 0.225 e. The molecular formula is C33H33N5O+2. The molecule has 0 saturated carbocycles. The van der Waals surface area contributed by atoms with Crippen molar-refractivity contribution in [3.05, 3.63) is 95.3 Å². The van der Waals surface area contributed by atoms with Crippen molar-refractivity contribution in [2.24, 2.45) is 0 Å². The van der Waals surface area contributed by atoms with Crippen molar-refractivity contribution < 1.29 is 13.9 Å². The molecular weight excluding hydrogens is 482 g/mol. The van der Waals surface area contributed by atoms with Crippen LogP contribution in [0.3, 0.4) is 0 Å². The molecule has 0 bridgehead atoms. The molecule has 1 aliphatic heterocycles. The highest BCUT2D eigenvalue weighted by Crippen LogP contribution is 2.48. The second-order valence-electron chi connectivity index (χ2n) is 10.1. The molecule has 1 aliphatic carbocycles. The quantitative estimate of drug-likeness (QED) is 0.185. The average Bonchev–Trinajstić information content (AvgIpc) is 2.99. The van der Waals surface area contributed by atoms with Crippen LogP contribution in [0, 0.1) is 12.3 Å². The van der Waals surface area contributed by atoms with Gasteiger partial charge in [-0.2, -0.15) is 9.37 Å². The number of carbonyl (C=O) groups is 1. The zero-order chi connectivity index (χ0) is 27.6. The van der Waals surface area contributed by atoms with Gasteiger partial charge < -0.3 is 0 Å². The fraction of sp³-hybridized carbons (Fsp3) is 0.242. The van der Waals surface area contributed by atoms with E-state index in [9.17, 15) is 4.79 Å². The van der Waals surface area contributed by atoms with Crippen molar-refractivity contribution in [1.82, 2.24) is 14.9 Å². The van der Waals surface area contributed by atoms with Crippen LogP contribution in [0.25, 0.3) is 11.3 Å². The third-order valence-corrected chi connectivity index (χ3v) is 7.87. The maximum atomic E-state index is 13.3. The van der Waals surface area contributed by atoms with Gasteiger partial charge in [-0.1, -0.05) is 52.3 Å². The monoisotopic (exact) mass is 515 g/mol. The number of hydrogen-bond acceptors (Lipinski definition) is 3. The molecule has 1 spiro atoms. The second kappa shape index (κ2) is 10.6. The number of nitrogens with zero attached hydrogens (tertiary/aromatic N) is 5. The summed E-state index contributed by atoms with van der Waals surface area (Å²) in [5, 5.41) is 0. The van der Waals surface area contributed by atoms with Crippen molar-refractivity contribution in [3.63, 3.8) is 0 Å². The van der Waals surface area contributed by atoms with Crippen molar-refractivity contribution >= 4 is 31.1 Å². The Bertz CT molecular complexity index is 1580. The topological polar surface area (TPSA) is 52.1 Å². The summed E-state index contributed by atoms with van der Waals surface area (Å²) in [5.41, 5.74) is 6.78. The van der Waals surface area contributed by atoms with Crippen LogP contribution in [-0.4, -0.2) is 56.6 Å². The number of terminal acetylenes is 1. The first kappa shape index (κ1) is 26.0. The van der Waals surface area contributed by atoms with Crippen LogP contribution in [0.4, 0.5) is 16.4 Å². The Morgan fingerprint density at radius 1 is 1.10 bits per heavy atom. The first-order valence-corrected chi connectivity index (χ1v) is 13.2. The third kappa shape index (κ3) is 4.72. The fourth-order valence-electron chi connectivity index (χ4n) is 5.75. The van der Waals surface area contributed by atoms with Crippen LogP contribution in [0.1, 0.15) is 43.4 Å². The summed E-state index contributed by atoms with van der Waals surface area (Å²) >= 11 is 0. The summed E-state index contributed by atoms with van der Waals surface area (Å²) in [5.74, 6) is 3.18. The summed E-state index contributed by atoms with van der Waals surface area (Å²) in [6, 6.07) is 15.8. The van der Waals surface area contributed by atoms with Gasteiger partial charge in [-0.15, -0.1) is 6.42 Å². The van der Waals surface area contributed by atoms with Gasteiger partial charge in [-0.25, -0.2) is 9.48 Å². The zero-order valence-corrected chi connectivity index (χ0v) is 22.6. The highest BCUT2D eigenvalue weighted by Gasteiger charge is 2.46. The van der Waals surface area contributed by atoms with Gasteiger partial charge in [0.05, 0.1) is 19.8 Å². The molecule has 1 fully saturated rings. The maximum absolute atomic E-state index is 13.3. The molecule has 2 aliphatic rings. The molecule has 194 valence electrons. The van der Waals surface area contributed by atoms with Crippen molar-refractivity contribution in [2.45, 2.75) is 38.5 Å². The van der Waals surface area contributed by atoms with E-state index in [0.29, 0.717) is 24.7 Å². The van der Waals surface area contributed by atoms with E-state index in [4.69, 9.17) is 16.4 Å². The number of likely N-dealkylation sites (tertiary alicyclic amines) is 1. The number of aromatic nitrogens is 2. The van der Waals surface area contributed by atoms with E-state index in [-0.39, 0.29) is 11.4 Å². The lowest BCUT2D eigenvalue weighted by molar-refractivity contribution is -0.376. The SMILES string of the molecule is C#Cc1cccc([N+](=C)C(=O)N2CCC3(CC2)Cc2cnc([N+](=C)C(C=CC)=CC)nc2-c2ccccc23)c1. The number of amides is 2. The molecule has 0 atom stereocenters. The first-order chi connectivity index (χ1) is 18.9. The molecule has 39 heavy (non-hydrogen) atoms. The largest absolute Gasteiger partial charge is 0.497 e. The summed E-state index contributed by atoms with van der Waals surface area (Å²) in [6.07, 6.45) is 16.0. The van der Waals surface area contributed by atoms with Crippen LogP contribution >= 0.6 is 0 Å². The molecule has 0 N–H and O–H groups in total. The standard InChI is InChI=1S/C33H33N5O/c1-6-12-26(8-3)36(4)31-34-23-25-22-33(29-16-10-9-15-28(29)30(25)35-31)17-19-38(20-18-33)32(39)37(5)27-14-11-13-24(7-2)21-27/h2,6,8-16,21,23H,4-5,17-20,22H2,1,3H3/q+2. The van der Waals surface area contributed by atoms with E-state index in [2.05, 4.69) is 43.6 Å². The fourth-order valence-corrected chi connectivity index (χ4v) is 5.75. The molecule has 1 saturated heterocycles. The Kier molecular flexibility index (Phi) is 7.08. The number of piperidine rings is 1. The zero-order valence-electron chi connectivity index (χ0n) is 22.6. The molecule has 5 rings (SSSR count). The predicted molar refractivity (Wildman–Crippen MR) is 156 cm³/mol. The molecule has 1 aromatic heterocycles. The van der Waals surface area contributed by atoms with Gasteiger partial charge in [0.1, 0.15) is 17.6 Å². The van der Waals surface area contributed by atoms with Crippen LogP contribution < -0.4 is 0 Å². The average molecular weight is 516 g/mol. The number of benzene rings is 2. The Morgan fingerprint density at radius 2 is 1.87 bits per heavy atom. The minimum Gasteiger partial charge on any atom is -0.225 e. The summed E-state index contributed by atoms with van der Waals surface area (Å²) < 4.78 is 3.21. The minimum atomic E-state index is -0.118. The van der Waals surface area contributed by atoms with E-state index in [1.54, 1.807) is 4.58 Å². The summed E-state index contributed by atoms with van der Waals surface area (Å²) in [4.78, 5) is 24.9. The van der Waals surface area contributed by atoms with Crippen molar-refractivity contribution in [1.29, 1.82) is 0 Å². The van der Waals surface area contributed by atoms with E-state index >= 15 is 0 Å². The normalized spacial score (nSPS) is 15.9. The molecule has 2 aromatic carbocycles. The summed E-state index contributed by atoms with van der Waals surface area (Å²) in [6.45, 7) is 13.4. The Hall–Kier alpha value is -4.63. The van der Waals surface area contributed by atoms with Crippen LogP contribution in [0.2, 0.25) is 0 Å². The van der Waals surface area contributed by atoms with Crippen LogP contribution in [0.5, 0.6) is 0 Å². The van der Waals surface area contributed by atoms with Gasteiger partial charge >= 0.3 is 12.0 Å². The highest BCUT2D eigenvalue weighted by molar-refractivity contribution is 5.74. The predicted octanol–water partition coefficient (Wildman–Crippen LogP) is 6.00. The minimum absolute atomic E-state index is 0.0791. The number of hydrogen-bond donors (Lipinski definition) is 0. The van der Waals surface area contributed by atoms with Gasteiger partial charge in [0.15, 0.2) is 5.69 Å². The molecule has 6 nitrogen and oxygen atoms in total. The van der Waals surface area contributed by atoms with Crippen LogP contribution in [-0.2, 0) is 11.8 Å². The molecule has 3 aromatic rings. The van der Waals surface area contributed by atoms with Gasteiger partial charge in [0, 0.05) is 34.9 Å². The third-order valence-electron chi connectivity index (χ3n) is 7.87. The van der Waals surface area contributed by atoms with Crippen molar-refractivity contribution in [2.75, 3.05) is 13.1 Å². The lowest BCUT2D eigenvalue weighted by Crippen LogP contribution is -2.48. The maximum Gasteiger partial charge on any atom is 0.497 e. The molecule has 0 unspecified atom stereocenters. The van der Waals surface area contributed by atoms with Crippen LogP contribution in [0.15, 0.2) is 78.7 Å². The first-order valence-electron chi connectivity index (χ1n) is 13.2. The summed E-state index contributed by atoms with van der Waals surface area (Å²) in [7, 11) is 0. The van der Waals surface area contributed by atoms with E-state index < -0.39 is 0 Å². The Labute approximate surface area is 230 Å². The van der Waals surface area contributed by atoms with Crippen molar-refractivity contribution in [3.8, 4) is 23.6 Å². The van der Waals surface area contributed by atoms with Gasteiger partial charge in [0.2, 0.25) is 0 Å². The number of carbonyl (C=O) groups excluding carboxylic acids is 1.